The number of aromatic nitrogens is 2. The Bertz CT molecular complexity index is 550. The number of fused-ring (bicyclic) bond motifs is 1. The Morgan fingerprint density at radius 2 is 2.35 bits per heavy atom. The third-order valence-electron chi connectivity index (χ3n) is 3.68. The molecule has 0 aliphatic carbocycles. The number of hydrogen-bond donors (Lipinski definition) is 1. The maximum atomic E-state index is 4.42. The summed E-state index contributed by atoms with van der Waals surface area (Å²) in [5, 5.41) is 8.05. The molecule has 20 heavy (non-hydrogen) atoms. The second-order valence-corrected chi connectivity index (χ2v) is 7.24. The van der Waals surface area contributed by atoms with Gasteiger partial charge in [-0.15, -0.1) is 11.3 Å². The molecule has 0 saturated heterocycles. The van der Waals surface area contributed by atoms with Crippen molar-refractivity contribution in [1.29, 1.82) is 0 Å². The van der Waals surface area contributed by atoms with Gasteiger partial charge in [0.1, 0.15) is 0 Å². The maximum Gasteiger partial charge on any atom is 0.0841 e. The third-order valence-corrected chi connectivity index (χ3v) is 5.99. The lowest BCUT2D eigenvalue weighted by atomic mass is 10.1. The molecule has 0 bridgehead atoms. The number of nitrogens with one attached hydrogen (secondary N) is 1. The summed E-state index contributed by atoms with van der Waals surface area (Å²) in [5.41, 5.74) is 2.83. The average molecular weight is 307 g/mol. The Kier molecular flexibility index (Phi) is 4.48. The van der Waals surface area contributed by atoms with E-state index in [1.807, 2.05) is 29.3 Å². The van der Waals surface area contributed by atoms with E-state index < -0.39 is 0 Å². The zero-order valence-electron chi connectivity index (χ0n) is 12.1. The first-order valence-corrected chi connectivity index (χ1v) is 9.25. The molecule has 1 aliphatic heterocycles. The molecule has 1 unspecified atom stereocenters. The first-order valence-electron chi connectivity index (χ1n) is 7.27. The van der Waals surface area contributed by atoms with Gasteiger partial charge in [-0.25, -0.2) is 0 Å². The molecule has 108 valence electrons. The third kappa shape index (κ3) is 2.67. The van der Waals surface area contributed by atoms with Gasteiger partial charge in [-0.1, -0.05) is 6.92 Å². The van der Waals surface area contributed by atoms with Crippen molar-refractivity contribution >= 4 is 23.1 Å². The Labute approximate surface area is 128 Å². The smallest absolute Gasteiger partial charge is 0.0841 e. The van der Waals surface area contributed by atoms with Gasteiger partial charge in [0.05, 0.1) is 11.7 Å². The van der Waals surface area contributed by atoms with Crippen LogP contribution in [0.25, 0.3) is 0 Å². The van der Waals surface area contributed by atoms with Crippen molar-refractivity contribution in [3.8, 4) is 0 Å². The average Bonchev–Trinajstić information content (AvgIpc) is 3.10. The Hall–Kier alpha value is -0.780. The molecule has 2 aromatic rings. The van der Waals surface area contributed by atoms with Crippen LogP contribution in [0.4, 0.5) is 0 Å². The number of thioether (sulfide) groups is 1. The van der Waals surface area contributed by atoms with Gasteiger partial charge in [-0.05, 0) is 43.3 Å². The molecule has 3 rings (SSSR count). The van der Waals surface area contributed by atoms with E-state index in [9.17, 15) is 0 Å². The van der Waals surface area contributed by atoms with Crippen LogP contribution >= 0.6 is 23.1 Å². The first kappa shape index (κ1) is 14.2. The summed E-state index contributed by atoms with van der Waals surface area (Å²) in [6, 6.07) is 4.83. The fourth-order valence-electron chi connectivity index (χ4n) is 2.72. The molecule has 5 heteroatoms. The van der Waals surface area contributed by atoms with Crippen LogP contribution in [-0.4, -0.2) is 22.1 Å². The van der Waals surface area contributed by atoms with Gasteiger partial charge in [0, 0.05) is 28.2 Å². The summed E-state index contributed by atoms with van der Waals surface area (Å²) < 4.78 is 2.10. The van der Waals surface area contributed by atoms with Crippen LogP contribution in [0.15, 0.2) is 18.3 Å². The van der Waals surface area contributed by atoms with Crippen LogP contribution in [0, 0.1) is 0 Å². The van der Waals surface area contributed by atoms with E-state index in [4.69, 9.17) is 0 Å². The first-order chi connectivity index (χ1) is 9.83. The monoisotopic (exact) mass is 307 g/mol. The largest absolute Gasteiger partial charge is 0.305 e. The zero-order valence-corrected chi connectivity index (χ0v) is 13.7. The summed E-state index contributed by atoms with van der Waals surface area (Å²) in [6.45, 7) is 6.21. The van der Waals surface area contributed by atoms with Gasteiger partial charge in [-0.3, -0.25) is 4.68 Å². The van der Waals surface area contributed by atoms with E-state index in [-0.39, 0.29) is 6.04 Å². The second kappa shape index (κ2) is 6.33. The van der Waals surface area contributed by atoms with Crippen LogP contribution in [0.3, 0.4) is 0 Å². The predicted molar refractivity (Wildman–Crippen MR) is 87.6 cm³/mol. The fourth-order valence-corrected chi connectivity index (χ4v) is 5.18. The lowest BCUT2D eigenvalue weighted by Crippen LogP contribution is -2.24. The summed E-state index contributed by atoms with van der Waals surface area (Å²) in [4.78, 5) is 3.03. The van der Waals surface area contributed by atoms with Crippen molar-refractivity contribution in [3.05, 3.63) is 39.3 Å². The molecule has 1 aliphatic rings. The highest BCUT2D eigenvalue weighted by Gasteiger charge is 2.22. The highest BCUT2D eigenvalue weighted by atomic mass is 32.2. The van der Waals surface area contributed by atoms with Crippen molar-refractivity contribution in [1.82, 2.24) is 15.1 Å². The number of hydrogen-bond acceptors (Lipinski definition) is 4. The molecule has 0 aromatic carbocycles. The molecule has 0 saturated carbocycles. The van der Waals surface area contributed by atoms with Gasteiger partial charge in [-0.2, -0.15) is 16.9 Å². The van der Waals surface area contributed by atoms with Crippen molar-refractivity contribution < 1.29 is 0 Å². The number of nitrogens with zero attached hydrogens (tertiary/aromatic N) is 2. The van der Waals surface area contributed by atoms with E-state index in [1.54, 1.807) is 10.4 Å². The minimum absolute atomic E-state index is 0.281. The van der Waals surface area contributed by atoms with Gasteiger partial charge in [0.15, 0.2) is 0 Å². The van der Waals surface area contributed by atoms with Crippen LogP contribution < -0.4 is 5.32 Å². The molecule has 1 atom stereocenters. The fraction of sp³-hybridized carbons (Fsp3) is 0.533. The molecule has 1 N–H and O–H groups in total. The highest BCUT2D eigenvalue weighted by molar-refractivity contribution is 7.98. The lowest BCUT2D eigenvalue weighted by molar-refractivity contribution is 0.547. The highest BCUT2D eigenvalue weighted by Crippen LogP contribution is 2.36. The summed E-state index contributed by atoms with van der Waals surface area (Å²) >= 11 is 4.03. The number of aryl methyl sites for hydroxylation is 2. The predicted octanol–water partition coefficient (Wildman–Crippen LogP) is 3.45. The Morgan fingerprint density at radius 3 is 3.10 bits per heavy atom. The maximum absolute atomic E-state index is 4.42. The van der Waals surface area contributed by atoms with E-state index in [2.05, 4.69) is 41.1 Å². The molecular weight excluding hydrogens is 286 g/mol. The Balaban J connectivity index is 1.96. The van der Waals surface area contributed by atoms with Crippen LogP contribution in [0.1, 0.15) is 40.9 Å². The minimum Gasteiger partial charge on any atom is -0.305 e. The van der Waals surface area contributed by atoms with Crippen molar-refractivity contribution in [2.24, 2.45) is 0 Å². The standard InChI is InChI=1S/C15H21N3S2/c1-3-16-15(12-5-7-17-18(12)4-2)14-9-11-10-19-8-6-13(11)20-14/h5,7,9,15-16H,3-4,6,8,10H2,1-2H3. The molecule has 2 aromatic heterocycles. The lowest BCUT2D eigenvalue weighted by Gasteiger charge is -2.17. The Morgan fingerprint density at radius 1 is 1.45 bits per heavy atom. The molecule has 3 heterocycles. The van der Waals surface area contributed by atoms with Crippen molar-refractivity contribution in [2.75, 3.05) is 12.3 Å². The number of rotatable bonds is 5. The summed E-state index contributed by atoms with van der Waals surface area (Å²) in [5.74, 6) is 2.45. The summed E-state index contributed by atoms with van der Waals surface area (Å²) in [7, 11) is 0. The van der Waals surface area contributed by atoms with Crippen molar-refractivity contribution in [2.45, 2.75) is 38.6 Å². The SMILES string of the molecule is CCNC(c1cc2c(s1)CCSC2)c1ccnn1CC. The number of thiophene rings is 1. The van der Waals surface area contributed by atoms with Gasteiger partial charge in [0.2, 0.25) is 0 Å². The molecular formula is C15H21N3S2. The van der Waals surface area contributed by atoms with E-state index >= 15 is 0 Å². The zero-order chi connectivity index (χ0) is 13.9. The van der Waals surface area contributed by atoms with E-state index in [0.29, 0.717) is 0 Å². The molecule has 0 fully saturated rings. The van der Waals surface area contributed by atoms with Crippen molar-refractivity contribution in [3.63, 3.8) is 0 Å². The normalized spacial score (nSPS) is 16.1. The van der Waals surface area contributed by atoms with Crippen LogP contribution in [-0.2, 0) is 18.7 Å². The van der Waals surface area contributed by atoms with Gasteiger partial charge in [0.25, 0.3) is 0 Å². The second-order valence-electron chi connectivity index (χ2n) is 4.96. The minimum atomic E-state index is 0.281. The topological polar surface area (TPSA) is 29.9 Å². The van der Waals surface area contributed by atoms with Crippen LogP contribution in [0.5, 0.6) is 0 Å². The van der Waals surface area contributed by atoms with E-state index in [1.165, 1.54) is 28.5 Å². The summed E-state index contributed by atoms with van der Waals surface area (Å²) in [6.07, 6.45) is 3.14. The van der Waals surface area contributed by atoms with E-state index in [0.717, 1.165) is 13.1 Å². The molecule has 3 nitrogen and oxygen atoms in total. The molecule has 0 amide bonds. The van der Waals surface area contributed by atoms with Crippen LogP contribution in [0.2, 0.25) is 0 Å². The quantitative estimate of drug-likeness (QED) is 0.917. The molecule has 0 radical (unpaired) electrons. The molecule has 0 spiro atoms. The van der Waals surface area contributed by atoms with Gasteiger partial charge < -0.3 is 5.32 Å². The van der Waals surface area contributed by atoms with Gasteiger partial charge >= 0.3 is 0 Å².